The molecular formula is C22H24N2O2. The SMILES string of the molecule is C[C@@H](c1cc2ccccc2o1)N(C)CC(=O)N1CCc2ccccc2C1. The lowest BCUT2D eigenvalue weighted by Gasteiger charge is -2.31. The van der Waals surface area contributed by atoms with Gasteiger partial charge in [0.25, 0.3) is 0 Å². The van der Waals surface area contributed by atoms with Crippen LogP contribution in [0, 0.1) is 0 Å². The highest BCUT2D eigenvalue weighted by Gasteiger charge is 2.24. The van der Waals surface area contributed by atoms with Crippen LogP contribution in [-0.4, -0.2) is 35.8 Å². The lowest BCUT2D eigenvalue weighted by Crippen LogP contribution is -2.42. The van der Waals surface area contributed by atoms with E-state index in [1.807, 2.05) is 42.3 Å². The van der Waals surface area contributed by atoms with Crippen molar-refractivity contribution in [2.75, 3.05) is 20.1 Å². The van der Waals surface area contributed by atoms with Crippen LogP contribution in [0.4, 0.5) is 0 Å². The van der Waals surface area contributed by atoms with Crippen LogP contribution in [0.2, 0.25) is 0 Å². The highest BCUT2D eigenvalue weighted by molar-refractivity contribution is 5.79. The van der Waals surface area contributed by atoms with E-state index in [4.69, 9.17) is 4.42 Å². The van der Waals surface area contributed by atoms with Crippen LogP contribution < -0.4 is 0 Å². The number of hydrogen-bond acceptors (Lipinski definition) is 3. The van der Waals surface area contributed by atoms with E-state index in [0.29, 0.717) is 13.1 Å². The van der Waals surface area contributed by atoms with E-state index in [-0.39, 0.29) is 11.9 Å². The lowest BCUT2D eigenvalue weighted by molar-refractivity contribution is -0.133. The number of hydrogen-bond donors (Lipinski definition) is 0. The number of nitrogens with zero attached hydrogens (tertiary/aromatic N) is 2. The summed E-state index contributed by atoms with van der Waals surface area (Å²) >= 11 is 0. The van der Waals surface area contributed by atoms with Gasteiger partial charge in [-0.05, 0) is 43.7 Å². The van der Waals surface area contributed by atoms with Crippen LogP contribution >= 0.6 is 0 Å². The van der Waals surface area contributed by atoms with Gasteiger partial charge >= 0.3 is 0 Å². The summed E-state index contributed by atoms with van der Waals surface area (Å²) in [7, 11) is 1.98. The Balaban J connectivity index is 1.42. The molecule has 134 valence electrons. The topological polar surface area (TPSA) is 36.7 Å². The molecule has 0 aliphatic carbocycles. The molecule has 0 spiro atoms. The molecule has 1 amide bonds. The van der Waals surface area contributed by atoms with E-state index in [0.717, 1.165) is 29.7 Å². The van der Waals surface area contributed by atoms with Crippen LogP contribution in [-0.2, 0) is 17.8 Å². The molecular weight excluding hydrogens is 324 g/mol. The Morgan fingerprint density at radius 2 is 1.88 bits per heavy atom. The van der Waals surface area contributed by atoms with Crippen molar-refractivity contribution in [3.05, 3.63) is 71.5 Å². The van der Waals surface area contributed by atoms with Gasteiger partial charge in [-0.15, -0.1) is 0 Å². The fourth-order valence-electron chi connectivity index (χ4n) is 3.58. The van der Waals surface area contributed by atoms with Gasteiger partial charge in [-0.2, -0.15) is 0 Å². The summed E-state index contributed by atoms with van der Waals surface area (Å²) in [6.07, 6.45) is 0.935. The van der Waals surface area contributed by atoms with Crippen molar-refractivity contribution in [2.45, 2.75) is 25.9 Å². The highest BCUT2D eigenvalue weighted by Crippen LogP contribution is 2.27. The van der Waals surface area contributed by atoms with E-state index in [2.05, 4.69) is 36.1 Å². The van der Waals surface area contributed by atoms with Crippen molar-refractivity contribution < 1.29 is 9.21 Å². The Kier molecular flexibility index (Phi) is 4.51. The summed E-state index contributed by atoms with van der Waals surface area (Å²) in [4.78, 5) is 16.8. The normalized spacial score (nSPS) is 15.3. The van der Waals surface area contributed by atoms with Crippen LogP contribution in [0.25, 0.3) is 11.0 Å². The van der Waals surface area contributed by atoms with Crippen LogP contribution in [0.15, 0.2) is 59.0 Å². The minimum Gasteiger partial charge on any atom is -0.459 e. The average Bonchev–Trinajstić information content (AvgIpc) is 3.11. The van der Waals surface area contributed by atoms with Gasteiger partial charge in [0.1, 0.15) is 11.3 Å². The zero-order valence-electron chi connectivity index (χ0n) is 15.3. The molecule has 1 aliphatic heterocycles. The van der Waals surface area contributed by atoms with Gasteiger partial charge in [-0.1, -0.05) is 42.5 Å². The molecule has 0 bridgehead atoms. The molecule has 1 atom stereocenters. The Labute approximate surface area is 154 Å². The molecule has 2 heterocycles. The van der Waals surface area contributed by atoms with Crippen molar-refractivity contribution in [3.63, 3.8) is 0 Å². The summed E-state index contributed by atoms with van der Waals surface area (Å²) in [6, 6.07) is 18.5. The number of fused-ring (bicyclic) bond motifs is 2. The maximum Gasteiger partial charge on any atom is 0.237 e. The second-order valence-corrected chi connectivity index (χ2v) is 7.11. The van der Waals surface area contributed by atoms with Gasteiger partial charge in [0.2, 0.25) is 5.91 Å². The first-order valence-electron chi connectivity index (χ1n) is 9.15. The molecule has 1 aromatic heterocycles. The third-order valence-electron chi connectivity index (χ3n) is 5.39. The van der Waals surface area contributed by atoms with Crippen LogP contribution in [0.3, 0.4) is 0 Å². The summed E-state index contributed by atoms with van der Waals surface area (Å²) in [5, 5.41) is 1.10. The zero-order chi connectivity index (χ0) is 18.1. The van der Waals surface area contributed by atoms with Crippen molar-refractivity contribution >= 4 is 16.9 Å². The quantitative estimate of drug-likeness (QED) is 0.715. The average molecular weight is 348 g/mol. The number of carbonyl (C=O) groups is 1. The summed E-state index contributed by atoms with van der Waals surface area (Å²) in [5.41, 5.74) is 3.52. The van der Waals surface area contributed by atoms with E-state index in [1.165, 1.54) is 11.1 Å². The fraction of sp³-hybridized carbons (Fsp3) is 0.318. The number of likely N-dealkylation sites (N-methyl/N-ethyl adjacent to an activating group) is 1. The highest BCUT2D eigenvalue weighted by atomic mass is 16.3. The van der Waals surface area contributed by atoms with Gasteiger partial charge in [-0.3, -0.25) is 9.69 Å². The Morgan fingerprint density at radius 3 is 2.69 bits per heavy atom. The molecule has 0 fully saturated rings. The van der Waals surface area contributed by atoms with E-state index < -0.39 is 0 Å². The second-order valence-electron chi connectivity index (χ2n) is 7.11. The van der Waals surface area contributed by atoms with Gasteiger partial charge in [-0.25, -0.2) is 0 Å². The number of benzene rings is 2. The second kappa shape index (κ2) is 6.96. The van der Waals surface area contributed by atoms with Crippen molar-refractivity contribution in [2.24, 2.45) is 0 Å². The standard InChI is InChI=1S/C22H24N2O2/c1-16(21-13-18-8-5-6-10-20(18)26-21)23(2)15-22(25)24-12-11-17-7-3-4-9-19(17)14-24/h3-10,13,16H,11-12,14-15H2,1-2H3/t16-/m0/s1. The van der Waals surface area contributed by atoms with Gasteiger partial charge in [0.15, 0.2) is 0 Å². The molecule has 0 radical (unpaired) electrons. The van der Waals surface area contributed by atoms with Crippen LogP contribution in [0.5, 0.6) is 0 Å². The molecule has 0 unspecified atom stereocenters. The Morgan fingerprint density at radius 1 is 1.15 bits per heavy atom. The summed E-state index contributed by atoms with van der Waals surface area (Å²) in [6.45, 7) is 3.97. The van der Waals surface area contributed by atoms with E-state index in [1.54, 1.807) is 0 Å². The maximum atomic E-state index is 12.8. The first-order chi connectivity index (χ1) is 12.6. The van der Waals surface area contributed by atoms with E-state index >= 15 is 0 Å². The zero-order valence-corrected chi connectivity index (χ0v) is 15.3. The van der Waals surface area contributed by atoms with Crippen molar-refractivity contribution in [3.8, 4) is 0 Å². The number of carbonyl (C=O) groups excluding carboxylic acids is 1. The summed E-state index contributed by atoms with van der Waals surface area (Å²) < 4.78 is 5.96. The smallest absolute Gasteiger partial charge is 0.237 e. The number of furan rings is 1. The molecule has 2 aromatic carbocycles. The molecule has 0 N–H and O–H groups in total. The largest absolute Gasteiger partial charge is 0.459 e. The molecule has 4 heteroatoms. The van der Waals surface area contributed by atoms with Crippen molar-refractivity contribution in [1.82, 2.24) is 9.80 Å². The third kappa shape index (κ3) is 3.25. The Bertz CT molecular complexity index is 898. The molecule has 26 heavy (non-hydrogen) atoms. The lowest BCUT2D eigenvalue weighted by atomic mass is 10.00. The fourth-order valence-corrected chi connectivity index (χ4v) is 3.58. The molecule has 4 rings (SSSR count). The minimum atomic E-state index is 0.0448. The van der Waals surface area contributed by atoms with Gasteiger partial charge < -0.3 is 9.32 Å². The molecule has 0 saturated heterocycles. The third-order valence-corrected chi connectivity index (χ3v) is 5.39. The first kappa shape index (κ1) is 16.9. The minimum absolute atomic E-state index is 0.0448. The number of rotatable bonds is 4. The molecule has 3 aromatic rings. The Hall–Kier alpha value is -2.59. The molecule has 1 aliphatic rings. The van der Waals surface area contributed by atoms with E-state index in [9.17, 15) is 4.79 Å². The van der Waals surface area contributed by atoms with Gasteiger partial charge in [0.05, 0.1) is 12.6 Å². The predicted octanol–water partition coefficient (Wildman–Crippen LogP) is 4.01. The summed E-state index contributed by atoms with van der Waals surface area (Å²) in [5.74, 6) is 1.07. The molecule has 4 nitrogen and oxygen atoms in total. The van der Waals surface area contributed by atoms with Gasteiger partial charge in [0, 0.05) is 18.5 Å². The van der Waals surface area contributed by atoms with Crippen molar-refractivity contribution in [1.29, 1.82) is 0 Å². The predicted molar refractivity (Wildman–Crippen MR) is 103 cm³/mol. The van der Waals surface area contributed by atoms with Crippen LogP contribution in [0.1, 0.15) is 29.9 Å². The maximum absolute atomic E-state index is 12.8. The first-order valence-corrected chi connectivity index (χ1v) is 9.15. The molecule has 0 saturated carbocycles. The monoisotopic (exact) mass is 348 g/mol. The number of para-hydroxylation sites is 1. The number of amides is 1.